The largest absolute Gasteiger partial charge is 0.508 e. The van der Waals surface area contributed by atoms with Gasteiger partial charge in [-0.25, -0.2) is 0 Å². The molecule has 2 aromatic rings. The molecular weight excluding hydrogens is 246 g/mol. The first-order valence-electron chi connectivity index (χ1n) is 7.34. The molecule has 0 saturated heterocycles. The summed E-state index contributed by atoms with van der Waals surface area (Å²) in [6.07, 6.45) is 2.36. The van der Waals surface area contributed by atoms with Crippen LogP contribution in [0.3, 0.4) is 0 Å². The Labute approximate surface area is 119 Å². The number of hydrogen-bond donors (Lipinski definition) is 2. The summed E-state index contributed by atoms with van der Waals surface area (Å²) in [7, 11) is 2.01. The monoisotopic (exact) mass is 265 g/mol. The molecule has 2 bridgehead atoms. The summed E-state index contributed by atoms with van der Waals surface area (Å²) in [5.41, 5.74) is 5.68. The molecule has 20 heavy (non-hydrogen) atoms. The molecule has 2 nitrogen and oxygen atoms in total. The number of phenolic OH excluding ortho intramolecular Hbond substituents is 1. The minimum atomic E-state index is 0.0220. The number of phenols is 1. The summed E-state index contributed by atoms with van der Waals surface area (Å²) in [5.74, 6) is 0.879. The number of aromatic hydroxyl groups is 1. The van der Waals surface area contributed by atoms with Crippen molar-refractivity contribution in [3.8, 4) is 5.75 Å². The van der Waals surface area contributed by atoms with Gasteiger partial charge >= 0.3 is 0 Å². The second kappa shape index (κ2) is 4.10. The van der Waals surface area contributed by atoms with Gasteiger partial charge in [0, 0.05) is 17.9 Å². The van der Waals surface area contributed by atoms with Crippen LogP contribution in [0.5, 0.6) is 5.75 Å². The second-order valence-corrected chi connectivity index (χ2v) is 6.06. The van der Waals surface area contributed by atoms with Gasteiger partial charge in [-0.3, -0.25) is 0 Å². The predicted molar refractivity (Wildman–Crippen MR) is 80.3 cm³/mol. The Balaban J connectivity index is 2.04. The molecule has 0 amide bonds. The van der Waals surface area contributed by atoms with Gasteiger partial charge in [-0.2, -0.15) is 0 Å². The number of rotatable bonds is 2. The molecule has 0 radical (unpaired) electrons. The SMILES string of the molecule is CNCC12CCC(c3ccccc31)c1ccc(O)cc12. The zero-order valence-electron chi connectivity index (χ0n) is 11.7. The Morgan fingerprint density at radius 1 is 1.15 bits per heavy atom. The lowest BCUT2D eigenvalue weighted by Gasteiger charge is -2.49. The second-order valence-electron chi connectivity index (χ2n) is 6.06. The van der Waals surface area contributed by atoms with Crippen molar-refractivity contribution in [2.75, 3.05) is 13.6 Å². The van der Waals surface area contributed by atoms with E-state index < -0.39 is 0 Å². The van der Waals surface area contributed by atoms with Gasteiger partial charge < -0.3 is 10.4 Å². The Kier molecular flexibility index (Phi) is 2.45. The Bertz CT molecular complexity index is 679. The molecule has 3 aliphatic carbocycles. The zero-order chi connectivity index (χ0) is 13.7. The van der Waals surface area contributed by atoms with Gasteiger partial charge in [-0.15, -0.1) is 0 Å². The fourth-order valence-electron chi connectivity index (χ4n) is 4.36. The summed E-state index contributed by atoms with van der Waals surface area (Å²) in [6, 6.07) is 14.8. The van der Waals surface area contributed by atoms with E-state index >= 15 is 0 Å². The predicted octanol–water partition coefficient (Wildman–Crippen LogP) is 3.14. The molecule has 0 aromatic heterocycles. The van der Waals surface area contributed by atoms with Crippen LogP contribution >= 0.6 is 0 Å². The smallest absolute Gasteiger partial charge is 0.115 e. The third-order valence-corrected chi connectivity index (χ3v) is 5.12. The Morgan fingerprint density at radius 2 is 1.95 bits per heavy atom. The summed E-state index contributed by atoms with van der Waals surface area (Å²) in [6.45, 7) is 0.924. The third kappa shape index (κ3) is 1.37. The van der Waals surface area contributed by atoms with Crippen LogP contribution in [0.25, 0.3) is 0 Å². The van der Waals surface area contributed by atoms with Crippen LogP contribution in [-0.2, 0) is 5.41 Å². The quantitative estimate of drug-likeness (QED) is 0.874. The average molecular weight is 265 g/mol. The summed E-state index contributed by atoms with van der Waals surface area (Å²) >= 11 is 0. The van der Waals surface area contributed by atoms with Gasteiger partial charge in [0.1, 0.15) is 5.75 Å². The van der Waals surface area contributed by atoms with E-state index in [0.717, 1.165) is 13.0 Å². The fraction of sp³-hybridized carbons (Fsp3) is 0.333. The van der Waals surface area contributed by atoms with Crippen LogP contribution in [0.15, 0.2) is 42.5 Å². The molecule has 0 aliphatic heterocycles. The Hall–Kier alpha value is -1.80. The van der Waals surface area contributed by atoms with Crippen molar-refractivity contribution in [3.05, 3.63) is 64.7 Å². The topological polar surface area (TPSA) is 32.3 Å². The van der Waals surface area contributed by atoms with Crippen LogP contribution in [0, 0.1) is 0 Å². The summed E-state index contributed by atoms with van der Waals surface area (Å²) in [4.78, 5) is 0. The van der Waals surface area contributed by atoms with Crippen molar-refractivity contribution in [2.24, 2.45) is 0 Å². The van der Waals surface area contributed by atoms with Crippen molar-refractivity contribution in [3.63, 3.8) is 0 Å². The van der Waals surface area contributed by atoms with Gasteiger partial charge in [-0.05, 0) is 54.3 Å². The van der Waals surface area contributed by atoms with E-state index in [1.165, 1.54) is 28.7 Å². The molecular formula is C18H19NO. The molecule has 102 valence electrons. The maximum Gasteiger partial charge on any atom is 0.115 e. The van der Waals surface area contributed by atoms with Gasteiger partial charge in [0.15, 0.2) is 0 Å². The van der Waals surface area contributed by atoms with Crippen molar-refractivity contribution in [1.29, 1.82) is 0 Å². The first-order valence-corrected chi connectivity index (χ1v) is 7.34. The highest BCUT2D eigenvalue weighted by atomic mass is 16.3. The summed E-state index contributed by atoms with van der Waals surface area (Å²) < 4.78 is 0. The molecule has 2 unspecified atom stereocenters. The van der Waals surface area contributed by atoms with Crippen molar-refractivity contribution in [1.82, 2.24) is 5.32 Å². The van der Waals surface area contributed by atoms with E-state index in [0.29, 0.717) is 11.7 Å². The van der Waals surface area contributed by atoms with Gasteiger partial charge in [-0.1, -0.05) is 30.3 Å². The lowest BCUT2D eigenvalue weighted by Crippen LogP contribution is -2.46. The lowest BCUT2D eigenvalue weighted by atomic mass is 9.55. The van der Waals surface area contributed by atoms with E-state index in [1.807, 2.05) is 19.2 Å². The molecule has 0 fully saturated rings. The molecule has 0 heterocycles. The molecule has 2 N–H and O–H groups in total. The standard InChI is InChI=1S/C18H19NO/c1-19-11-18-9-8-13(14-4-2-3-5-16(14)18)15-7-6-12(20)10-17(15)18/h2-7,10,13,19-20H,8-9,11H2,1H3. The normalized spacial score (nSPS) is 26.1. The van der Waals surface area contributed by atoms with Crippen LogP contribution < -0.4 is 5.32 Å². The molecule has 3 aliphatic rings. The highest BCUT2D eigenvalue weighted by molar-refractivity contribution is 5.60. The Morgan fingerprint density at radius 3 is 2.80 bits per heavy atom. The van der Waals surface area contributed by atoms with E-state index in [2.05, 4.69) is 35.6 Å². The highest BCUT2D eigenvalue weighted by Crippen LogP contribution is 2.56. The molecule has 0 saturated carbocycles. The van der Waals surface area contributed by atoms with Crippen molar-refractivity contribution in [2.45, 2.75) is 24.2 Å². The third-order valence-electron chi connectivity index (χ3n) is 5.12. The molecule has 2 atom stereocenters. The molecule has 5 rings (SSSR count). The number of nitrogens with one attached hydrogen (secondary N) is 1. The van der Waals surface area contributed by atoms with Crippen LogP contribution in [-0.4, -0.2) is 18.7 Å². The molecule has 0 spiro atoms. The first kappa shape index (κ1) is 12.0. The first-order chi connectivity index (χ1) is 9.76. The number of benzene rings is 2. The maximum absolute atomic E-state index is 9.93. The summed E-state index contributed by atoms with van der Waals surface area (Å²) in [5, 5.41) is 13.3. The fourth-order valence-corrected chi connectivity index (χ4v) is 4.36. The van der Waals surface area contributed by atoms with Crippen LogP contribution in [0.4, 0.5) is 0 Å². The van der Waals surface area contributed by atoms with E-state index in [-0.39, 0.29) is 5.41 Å². The van der Waals surface area contributed by atoms with Crippen molar-refractivity contribution >= 4 is 0 Å². The molecule has 2 heteroatoms. The van der Waals surface area contributed by atoms with E-state index in [9.17, 15) is 5.11 Å². The highest BCUT2D eigenvalue weighted by Gasteiger charge is 2.47. The van der Waals surface area contributed by atoms with Crippen molar-refractivity contribution < 1.29 is 5.11 Å². The maximum atomic E-state index is 9.93. The lowest BCUT2D eigenvalue weighted by molar-refractivity contribution is 0.359. The number of likely N-dealkylation sites (N-methyl/N-ethyl adjacent to an activating group) is 1. The van der Waals surface area contributed by atoms with Gasteiger partial charge in [0.2, 0.25) is 0 Å². The number of hydrogen-bond acceptors (Lipinski definition) is 2. The molecule has 2 aromatic carbocycles. The average Bonchev–Trinajstić information content (AvgIpc) is 2.48. The minimum absolute atomic E-state index is 0.0220. The van der Waals surface area contributed by atoms with Crippen LogP contribution in [0.2, 0.25) is 0 Å². The van der Waals surface area contributed by atoms with Crippen LogP contribution in [0.1, 0.15) is 41.0 Å². The zero-order valence-corrected chi connectivity index (χ0v) is 11.7. The van der Waals surface area contributed by atoms with E-state index in [1.54, 1.807) is 0 Å². The minimum Gasteiger partial charge on any atom is -0.508 e. The number of fused-ring (bicyclic) bond motifs is 1. The van der Waals surface area contributed by atoms with Gasteiger partial charge in [0.05, 0.1) is 0 Å². The van der Waals surface area contributed by atoms with E-state index in [4.69, 9.17) is 0 Å². The van der Waals surface area contributed by atoms with Gasteiger partial charge in [0.25, 0.3) is 0 Å².